The van der Waals surface area contributed by atoms with Crippen molar-refractivity contribution in [3.05, 3.63) is 109 Å². The molecular weight excluding hydrogens is 324 g/mol. The molecule has 1 aromatic heterocycles. The highest BCUT2D eigenvalue weighted by Gasteiger charge is 2.41. The molecule has 0 radical (unpaired) electrons. The minimum atomic E-state index is -2.23. The van der Waals surface area contributed by atoms with Crippen LogP contribution in [0.5, 0.6) is 0 Å². The predicted octanol–water partition coefficient (Wildman–Crippen LogP) is 3.13. The van der Waals surface area contributed by atoms with E-state index in [9.17, 15) is 0 Å². The summed E-state index contributed by atoms with van der Waals surface area (Å²) >= 11 is 1.88. The van der Waals surface area contributed by atoms with Crippen molar-refractivity contribution in [1.82, 2.24) is 0 Å². The van der Waals surface area contributed by atoms with Crippen LogP contribution in [0.1, 0.15) is 0 Å². The Kier molecular flexibility index (Phi) is 4.16. The normalized spacial score (nSPS) is 11.3. The van der Waals surface area contributed by atoms with Gasteiger partial charge in [0.25, 0.3) is 0 Å². The van der Waals surface area contributed by atoms with Gasteiger partial charge in [-0.25, -0.2) is 0 Å². The highest BCUT2D eigenvalue weighted by Crippen LogP contribution is 2.11. The van der Waals surface area contributed by atoms with Crippen molar-refractivity contribution in [2.24, 2.45) is 0 Å². The van der Waals surface area contributed by atoms with Crippen molar-refractivity contribution in [3.8, 4) is 0 Å². The van der Waals surface area contributed by atoms with Crippen LogP contribution in [0, 0.1) is 0 Å². The van der Waals surface area contributed by atoms with E-state index in [0.29, 0.717) is 0 Å². The molecule has 0 aliphatic heterocycles. The van der Waals surface area contributed by atoms with E-state index in [1.54, 1.807) is 0 Å². The molecule has 4 aromatic rings. The predicted molar refractivity (Wildman–Crippen MR) is 108 cm³/mol. The third-order valence-corrected chi connectivity index (χ3v) is 11.0. The molecule has 0 unspecified atom stereocenters. The molecular formula is C22H18SSi. The molecule has 116 valence electrons. The van der Waals surface area contributed by atoms with E-state index in [0.717, 1.165) is 0 Å². The van der Waals surface area contributed by atoms with Crippen LogP contribution >= 0.6 is 11.3 Å². The molecule has 0 aliphatic carbocycles. The Morgan fingerprint density at radius 1 is 0.458 bits per heavy atom. The van der Waals surface area contributed by atoms with Gasteiger partial charge in [0.2, 0.25) is 0 Å². The number of rotatable bonds is 4. The third kappa shape index (κ3) is 2.44. The third-order valence-electron chi connectivity index (χ3n) is 4.51. The van der Waals surface area contributed by atoms with Crippen LogP contribution in [0.15, 0.2) is 109 Å². The van der Waals surface area contributed by atoms with Gasteiger partial charge < -0.3 is 0 Å². The summed E-state index contributed by atoms with van der Waals surface area (Å²) < 4.78 is 1.48. The lowest BCUT2D eigenvalue weighted by Gasteiger charge is -2.32. The monoisotopic (exact) mass is 342 g/mol. The molecule has 0 atom stereocenters. The molecule has 0 saturated carbocycles. The average Bonchev–Trinajstić information content (AvgIpc) is 3.20. The number of hydrogen-bond acceptors (Lipinski definition) is 1. The molecule has 1 heterocycles. The van der Waals surface area contributed by atoms with Crippen molar-refractivity contribution >= 4 is 39.5 Å². The summed E-state index contributed by atoms with van der Waals surface area (Å²) in [6, 6.07) is 37.6. The van der Waals surface area contributed by atoms with Gasteiger partial charge in [-0.2, -0.15) is 11.3 Å². The van der Waals surface area contributed by atoms with Gasteiger partial charge in [-0.1, -0.05) is 103 Å². The van der Waals surface area contributed by atoms with Gasteiger partial charge in [0, 0.05) is 4.50 Å². The summed E-state index contributed by atoms with van der Waals surface area (Å²) in [5.74, 6) is 0. The molecule has 0 bridgehead atoms. The zero-order valence-electron chi connectivity index (χ0n) is 13.3. The van der Waals surface area contributed by atoms with Gasteiger partial charge in [0.05, 0.1) is 0 Å². The summed E-state index contributed by atoms with van der Waals surface area (Å²) in [7, 11) is -2.23. The largest absolute Gasteiger partial charge is 0.191 e. The van der Waals surface area contributed by atoms with E-state index in [4.69, 9.17) is 0 Å². The quantitative estimate of drug-likeness (QED) is 0.395. The molecule has 0 amide bonds. The lowest BCUT2D eigenvalue weighted by molar-refractivity contribution is 1.69. The molecule has 3 aromatic carbocycles. The van der Waals surface area contributed by atoms with Crippen LogP contribution in [-0.2, 0) is 0 Å². The van der Waals surface area contributed by atoms with Crippen LogP contribution in [0.2, 0.25) is 0 Å². The van der Waals surface area contributed by atoms with E-state index in [1.165, 1.54) is 20.1 Å². The molecule has 0 aliphatic rings. The number of thiophene rings is 1. The van der Waals surface area contributed by atoms with Gasteiger partial charge in [-0.15, -0.1) is 0 Å². The zero-order chi connectivity index (χ0) is 16.2. The van der Waals surface area contributed by atoms with Crippen LogP contribution < -0.4 is 20.1 Å². The van der Waals surface area contributed by atoms with Gasteiger partial charge in [-0.3, -0.25) is 0 Å². The van der Waals surface area contributed by atoms with E-state index < -0.39 is 8.07 Å². The molecule has 4 rings (SSSR count). The summed E-state index contributed by atoms with van der Waals surface area (Å²) in [6.07, 6.45) is 0. The molecule has 0 nitrogen and oxygen atoms in total. The standard InChI is InChI=1S/C22H18SSi/c1-4-11-19(12-5-1)24(22-17-10-18-23-22,20-13-6-2-7-14-20)21-15-8-3-9-16-21/h1-18H. The van der Waals surface area contributed by atoms with Crippen molar-refractivity contribution < 1.29 is 0 Å². The summed E-state index contributed by atoms with van der Waals surface area (Å²) in [5.41, 5.74) is 0. The molecule has 2 heteroatoms. The van der Waals surface area contributed by atoms with Crippen molar-refractivity contribution in [2.45, 2.75) is 0 Å². The van der Waals surface area contributed by atoms with Crippen LogP contribution in [0.4, 0.5) is 0 Å². The maximum Gasteiger partial charge on any atom is 0.191 e. The Hall–Kier alpha value is -2.42. The van der Waals surface area contributed by atoms with Crippen molar-refractivity contribution in [1.29, 1.82) is 0 Å². The minimum Gasteiger partial charge on any atom is -0.152 e. The SMILES string of the molecule is c1ccc([Si](c2ccccc2)(c2ccccc2)c2cccs2)cc1. The van der Waals surface area contributed by atoms with Crippen LogP contribution in [-0.4, -0.2) is 8.07 Å². The number of hydrogen-bond donors (Lipinski definition) is 0. The zero-order valence-corrected chi connectivity index (χ0v) is 15.1. The Morgan fingerprint density at radius 2 is 0.875 bits per heavy atom. The Bertz CT molecular complexity index is 788. The summed E-state index contributed by atoms with van der Waals surface area (Å²) in [4.78, 5) is 0. The number of benzene rings is 3. The van der Waals surface area contributed by atoms with E-state index in [2.05, 4.69) is 109 Å². The fraction of sp³-hybridized carbons (Fsp3) is 0. The fourth-order valence-electron chi connectivity index (χ4n) is 3.48. The second kappa shape index (κ2) is 6.60. The molecule has 0 spiro atoms. The Balaban J connectivity index is 2.12. The van der Waals surface area contributed by atoms with Gasteiger partial charge in [0.15, 0.2) is 8.07 Å². The van der Waals surface area contributed by atoms with Crippen molar-refractivity contribution in [2.75, 3.05) is 0 Å². The van der Waals surface area contributed by atoms with E-state index >= 15 is 0 Å². The van der Waals surface area contributed by atoms with Crippen LogP contribution in [0.25, 0.3) is 0 Å². The first-order valence-electron chi connectivity index (χ1n) is 8.13. The molecule has 0 saturated heterocycles. The van der Waals surface area contributed by atoms with E-state index in [1.807, 2.05) is 11.3 Å². The molecule has 0 N–H and O–H groups in total. The Labute approximate surface area is 148 Å². The lowest BCUT2D eigenvalue weighted by atomic mass is 10.3. The minimum absolute atomic E-state index is 1.44. The molecule has 0 fully saturated rings. The highest BCUT2D eigenvalue weighted by molar-refractivity contribution is 7.35. The second-order valence-electron chi connectivity index (χ2n) is 5.83. The summed E-state index contributed by atoms with van der Waals surface area (Å²) in [5, 5.41) is 6.51. The second-order valence-corrected chi connectivity index (χ2v) is 10.9. The Morgan fingerprint density at radius 3 is 1.21 bits per heavy atom. The maximum atomic E-state index is 2.31. The first-order valence-corrected chi connectivity index (χ1v) is 11.0. The smallest absolute Gasteiger partial charge is 0.152 e. The topological polar surface area (TPSA) is 0 Å². The highest BCUT2D eigenvalue weighted by atomic mass is 32.1. The maximum absolute atomic E-state index is 2.31. The average molecular weight is 343 g/mol. The van der Waals surface area contributed by atoms with Gasteiger partial charge in [0.1, 0.15) is 0 Å². The van der Waals surface area contributed by atoms with Gasteiger partial charge in [-0.05, 0) is 20.9 Å². The van der Waals surface area contributed by atoms with Gasteiger partial charge >= 0.3 is 0 Å². The molecule has 24 heavy (non-hydrogen) atoms. The fourth-order valence-corrected chi connectivity index (χ4v) is 10.2. The first-order chi connectivity index (χ1) is 11.9. The van der Waals surface area contributed by atoms with Crippen LogP contribution in [0.3, 0.4) is 0 Å². The first kappa shape index (κ1) is 15.1. The van der Waals surface area contributed by atoms with E-state index in [-0.39, 0.29) is 0 Å². The summed E-state index contributed by atoms with van der Waals surface area (Å²) in [6.45, 7) is 0. The lowest BCUT2D eigenvalue weighted by Crippen LogP contribution is -2.74. The van der Waals surface area contributed by atoms with Crippen molar-refractivity contribution in [3.63, 3.8) is 0 Å².